The molecule has 1 N–H and O–H groups in total. The third-order valence-corrected chi connectivity index (χ3v) is 1.78. The van der Waals surface area contributed by atoms with Crippen molar-refractivity contribution in [3.8, 4) is 0 Å². The van der Waals surface area contributed by atoms with Gasteiger partial charge >= 0.3 is 0 Å². The van der Waals surface area contributed by atoms with Gasteiger partial charge in [0, 0.05) is 17.1 Å². The van der Waals surface area contributed by atoms with E-state index in [1.807, 2.05) is 0 Å². The number of hydrogen-bond acceptors (Lipinski definition) is 2. The monoisotopic (exact) mass is 134 g/mol. The Bertz CT molecular complexity index is 223. The van der Waals surface area contributed by atoms with Crippen LogP contribution in [0.1, 0.15) is 0 Å². The fourth-order valence-corrected chi connectivity index (χ4v) is 1.25. The molecule has 0 atom stereocenters. The quantitative estimate of drug-likeness (QED) is 0.490. The van der Waals surface area contributed by atoms with Crippen LogP contribution in [0.3, 0.4) is 0 Å². The summed E-state index contributed by atoms with van der Waals surface area (Å²) < 4.78 is 0. The molecule has 0 spiro atoms. The Balaban J connectivity index is 2.32. The van der Waals surface area contributed by atoms with E-state index < -0.39 is 0 Å². The first kappa shape index (κ1) is 5.86. The molecule has 0 aromatic carbocycles. The summed E-state index contributed by atoms with van der Waals surface area (Å²) in [6.45, 7) is 2.78. The highest BCUT2D eigenvalue weighted by atomic mass is 14.9. The smallest absolute Gasteiger partial charge is 0.267 e. The molecule has 2 nitrogen and oxygen atoms in total. The molecule has 0 aromatic rings. The van der Waals surface area contributed by atoms with Gasteiger partial charge in [-0.2, -0.15) is 0 Å². The zero-order valence-electron chi connectivity index (χ0n) is 5.80. The molecule has 1 radical (unpaired) electrons. The molecule has 0 fully saturated rings. The maximum Gasteiger partial charge on any atom is 0.267 e. The maximum atomic E-state index is 4.35. The topological polar surface area (TPSA) is 26.1 Å². The van der Waals surface area contributed by atoms with Crippen LogP contribution in [0.25, 0.3) is 0 Å². The van der Waals surface area contributed by atoms with Crippen molar-refractivity contribution in [1.82, 2.24) is 10.3 Å². The van der Waals surface area contributed by atoms with Gasteiger partial charge in [0.15, 0.2) is 0 Å². The standard InChI is InChI=1S/C8H10N2/c1-2-7-3-5-9-6-8(7)10-4-1/h1-3,9H,4-6H2/q+1. The lowest BCUT2D eigenvalue weighted by molar-refractivity contribution is 0.832. The Labute approximate surface area is 60.3 Å². The minimum atomic E-state index is 0.856. The number of nitrogens with zero attached hydrogens (tertiary/aromatic N) is 1. The summed E-state index contributed by atoms with van der Waals surface area (Å²) in [4.78, 5) is 4.35. The summed E-state index contributed by atoms with van der Waals surface area (Å²) >= 11 is 0. The van der Waals surface area contributed by atoms with E-state index in [2.05, 4.69) is 28.5 Å². The summed E-state index contributed by atoms with van der Waals surface area (Å²) in [5.74, 6) is 0. The minimum absolute atomic E-state index is 0.856. The zero-order chi connectivity index (χ0) is 6.81. The second-order valence-electron chi connectivity index (χ2n) is 2.48. The van der Waals surface area contributed by atoms with Gasteiger partial charge in [-0.15, -0.1) is 0 Å². The Morgan fingerprint density at radius 3 is 3.40 bits per heavy atom. The average molecular weight is 134 g/mol. The second kappa shape index (κ2) is 2.39. The molecule has 2 aliphatic heterocycles. The van der Waals surface area contributed by atoms with E-state index in [4.69, 9.17) is 0 Å². The molecule has 2 rings (SSSR count). The fraction of sp³-hybridized carbons (Fsp3) is 0.375. The van der Waals surface area contributed by atoms with Crippen molar-refractivity contribution in [1.29, 1.82) is 0 Å². The van der Waals surface area contributed by atoms with E-state index in [0.29, 0.717) is 0 Å². The van der Waals surface area contributed by atoms with Crippen LogP contribution < -0.4 is 10.3 Å². The van der Waals surface area contributed by atoms with Crippen molar-refractivity contribution in [2.75, 3.05) is 19.6 Å². The SMILES string of the molecule is C1=CC2=CCNCC2=[N+]C1. The van der Waals surface area contributed by atoms with Crippen LogP contribution in [0.15, 0.2) is 23.8 Å². The molecule has 0 unspecified atom stereocenters. The fourth-order valence-electron chi connectivity index (χ4n) is 1.25. The third kappa shape index (κ3) is 0.907. The van der Waals surface area contributed by atoms with E-state index in [-0.39, 0.29) is 0 Å². The van der Waals surface area contributed by atoms with Gasteiger partial charge in [-0.1, -0.05) is 6.08 Å². The maximum absolute atomic E-state index is 4.35. The summed E-state index contributed by atoms with van der Waals surface area (Å²) in [6.07, 6.45) is 6.43. The van der Waals surface area contributed by atoms with Gasteiger partial charge in [0.2, 0.25) is 6.54 Å². The Morgan fingerprint density at radius 1 is 1.50 bits per heavy atom. The van der Waals surface area contributed by atoms with E-state index in [9.17, 15) is 0 Å². The van der Waals surface area contributed by atoms with Gasteiger partial charge < -0.3 is 5.32 Å². The minimum Gasteiger partial charge on any atom is -0.304 e. The lowest BCUT2D eigenvalue weighted by Crippen LogP contribution is -2.33. The Morgan fingerprint density at radius 2 is 2.50 bits per heavy atom. The normalized spacial score (nSPS) is 23.2. The lowest BCUT2D eigenvalue weighted by atomic mass is 10.1. The molecule has 2 heteroatoms. The van der Waals surface area contributed by atoms with Gasteiger partial charge in [0.05, 0.1) is 6.54 Å². The molecule has 0 amide bonds. The molecule has 0 aliphatic carbocycles. The number of aliphatic imine (C=N–C) groups is 1. The highest BCUT2D eigenvalue weighted by Crippen LogP contribution is 2.04. The van der Waals surface area contributed by atoms with Crippen LogP contribution in [0.5, 0.6) is 0 Å². The van der Waals surface area contributed by atoms with Gasteiger partial charge in [0.25, 0.3) is 5.71 Å². The van der Waals surface area contributed by atoms with Crippen LogP contribution >= 0.6 is 0 Å². The van der Waals surface area contributed by atoms with Crippen molar-refractivity contribution < 1.29 is 0 Å². The van der Waals surface area contributed by atoms with Gasteiger partial charge in [-0.05, 0) is 12.2 Å². The van der Waals surface area contributed by atoms with Gasteiger partial charge in [0.1, 0.15) is 0 Å². The van der Waals surface area contributed by atoms with Crippen molar-refractivity contribution in [2.45, 2.75) is 0 Å². The van der Waals surface area contributed by atoms with Crippen molar-refractivity contribution >= 4 is 5.71 Å². The first-order valence-electron chi connectivity index (χ1n) is 3.58. The number of allylic oxidation sites excluding steroid dienone is 1. The molecule has 0 saturated carbocycles. The molecule has 0 saturated heterocycles. The molecular formula is C8H10N2+. The number of hydrogen-bond donors (Lipinski definition) is 1. The van der Waals surface area contributed by atoms with Crippen LogP contribution in [0.2, 0.25) is 0 Å². The zero-order valence-corrected chi connectivity index (χ0v) is 5.80. The van der Waals surface area contributed by atoms with Crippen LogP contribution in [-0.2, 0) is 0 Å². The highest BCUT2D eigenvalue weighted by molar-refractivity contribution is 6.04. The van der Waals surface area contributed by atoms with E-state index in [1.165, 1.54) is 11.3 Å². The summed E-state index contributed by atoms with van der Waals surface area (Å²) in [5, 5.41) is 3.24. The number of rotatable bonds is 0. The Kier molecular flexibility index (Phi) is 1.40. The number of fused-ring (bicyclic) bond motifs is 1. The van der Waals surface area contributed by atoms with Crippen LogP contribution in [0.4, 0.5) is 0 Å². The van der Waals surface area contributed by atoms with E-state index in [0.717, 1.165) is 19.6 Å². The lowest BCUT2D eigenvalue weighted by Gasteiger charge is -2.08. The summed E-state index contributed by atoms with van der Waals surface area (Å²) in [6, 6.07) is 0. The van der Waals surface area contributed by atoms with Crippen LogP contribution in [-0.4, -0.2) is 25.3 Å². The predicted molar refractivity (Wildman–Crippen MR) is 42.1 cm³/mol. The van der Waals surface area contributed by atoms with Crippen LogP contribution in [0, 0.1) is 0 Å². The van der Waals surface area contributed by atoms with E-state index >= 15 is 0 Å². The molecule has 2 aliphatic rings. The van der Waals surface area contributed by atoms with Crippen molar-refractivity contribution in [3.63, 3.8) is 0 Å². The molecule has 2 heterocycles. The van der Waals surface area contributed by atoms with E-state index in [1.54, 1.807) is 0 Å². The molecular weight excluding hydrogens is 124 g/mol. The molecule has 0 bridgehead atoms. The van der Waals surface area contributed by atoms with Crippen molar-refractivity contribution in [3.05, 3.63) is 23.8 Å². The highest BCUT2D eigenvalue weighted by Gasteiger charge is 2.19. The summed E-state index contributed by atoms with van der Waals surface area (Å²) in [7, 11) is 0. The first-order valence-corrected chi connectivity index (χ1v) is 3.58. The molecule has 0 aromatic heterocycles. The number of dihydropyridines is 1. The van der Waals surface area contributed by atoms with Crippen molar-refractivity contribution in [2.24, 2.45) is 0 Å². The van der Waals surface area contributed by atoms with Gasteiger partial charge in [-0.25, -0.2) is 0 Å². The van der Waals surface area contributed by atoms with Gasteiger partial charge in [-0.3, -0.25) is 0 Å². The largest absolute Gasteiger partial charge is 0.304 e. The summed E-state index contributed by atoms with van der Waals surface area (Å²) in [5.41, 5.74) is 2.53. The Hall–Kier alpha value is -0.890. The second-order valence-corrected chi connectivity index (χ2v) is 2.48. The first-order chi connectivity index (χ1) is 4.97. The average Bonchev–Trinajstić information content (AvgIpc) is 2.05. The predicted octanol–water partition coefficient (Wildman–Crippen LogP) is -0.137. The third-order valence-electron chi connectivity index (χ3n) is 1.78. The number of nitrogens with one attached hydrogen (secondary N) is 1. The molecule has 51 valence electrons. The molecule has 10 heavy (non-hydrogen) atoms.